The number of aliphatic hydroxyl groups excluding tert-OH is 1. The predicted molar refractivity (Wildman–Crippen MR) is 157 cm³/mol. The van der Waals surface area contributed by atoms with Gasteiger partial charge in [0.2, 0.25) is 5.91 Å². The highest BCUT2D eigenvalue weighted by Gasteiger charge is 2.51. The molecule has 1 fully saturated rings. The number of ether oxygens (including phenoxy) is 4. The SMILES string of the molecule is CC(=O)NC1C(OCCCC(C)C(C)CCO)OC(CN=[N+]=[N-])C(OC(=O)c2ccccc2)C1OC(=O)c1ccccc1. The number of aliphatic hydroxyl groups is 1. The maximum atomic E-state index is 13.3. The Morgan fingerprint density at radius 1 is 0.953 bits per heavy atom. The van der Waals surface area contributed by atoms with Crippen molar-refractivity contribution in [2.75, 3.05) is 19.8 Å². The van der Waals surface area contributed by atoms with Crippen molar-refractivity contribution >= 4 is 17.8 Å². The minimum Gasteiger partial charge on any atom is -0.452 e. The second kappa shape index (κ2) is 17.2. The van der Waals surface area contributed by atoms with E-state index in [-0.39, 0.29) is 30.9 Å². The van der Waals surface area contributed by atoms with E-state index in [4.69, 9.17) is 24.5 Å². The van der Waals surface area contributed by atoms with Gasteiger partial charge in [0, 0.05) is 25.0 Å². The van der Waals surface area contributed by atoms with E-state index in [1.165, 1.54) is 6.92 Å². The molecule has 2 aromatic carbocycles. The monoisotopic (exact) mass is 596 g/mol. The Morgan fingerprint density at radius 3 is 2.05 bits per heavy atom. The Labute approximate surface area is 251 Å². The van der Waals surface area contributed by atoms with Gasteiger partial charge in [-0.25, -0.2) is 9.59 Å². The average molecular weight is 597 g/mol. The standard InChI is InChI=1S/C31H40N4O8/c1-20(21(2)16-17-36)11-10-18-40-31-26(34-22(3)37)28(43-30(39)24-14-8-5-9-15-24)27(25(41-31)19-33-35-32)42-29(38)23-12-6-4-7-13-23/h4-9,12-15,20-21,25-28,31,36H,10-11,16-19H2,1-3H3,(H,34,37). The first-order valence-corrected chi connectivity index (χ1v) is 14.4. The first kappa shape index (κ1) is 33.5. The Hall–Kier alpha value is -3.96. The van der Waals surface area contributed by atoms with Gasteiger partial charge in [-0.3, -0.25) is 4.79 Å². The summed E-state index contributed by atoms with van der Waals surface area (Å²) in [6.07, 6.45) is -2.51. The molecule has 0 aliphatic carbocycles. The highest BCUT2D eigenvalue weighted by Crippen LogP contribution is 2.30. The van der Waals surface area contributed by atoms with Crippen LogP contribution >= 0.6 is 0 Å². The number of azide groups is 1. The molecule has 0 aromatic heterocycles. The van der Waals surface area contributed by atoms with E-state index >= 15 is 0 Å². The molecule has 1 saturated heterocycles. The number of hydrogen-bond acceptors (Lipinski definition) is 9. The fourth-order valence-electron chi connectivity index (χ4n) is 4.89. The van der Waals surface area contributed by atoms with Crippen LogP contribution in [0, 0.1) is 11.8 Å². The minimum absolute atomic E-state index is 0.127. The third-order valence-corrected chi connectivity index (χ3v) is 7.49. The van der Waals surface area contributed by atoms with E-state index in [2.05, 4.69) is 29.2 Å². The number of esters is 2. The summed E-state index contributed by atoms with van der Waals surface area (Å²) < 4.78 is 24.0. The smallest absolute Gasteiger partial charge is 0.338 e. The van der Waals surface area contributed by atoms with Gasteiger partial charge < -0.3 is 29.4 Å². The number of nitrogens with zero attached hydrogens (tertiary/aromatic N) is 3. The van der Waals surface area contributed by atoms with Gasteiger partial charge in [0.1, 0.15) is 12.1 Å². The van der Waals surface area contributed by atoms with Crippen molar-refractivity contribution in [1.29, 1.82) is 0 Å². The van der Waals surface area contributed by atoms with Crippen LogP contribution in [-0.4, -0.2) is 73.4 Å². The van der Waals surface area contributed by atoms with E-state index in [9.17, 15) is 19.5 Å². The maximum absolute atomic E-state index is 13.3. The van der Waals surface area contributed by atoms with Crippen LogP contribution < -0.4 is 5.32 Å². The van der Waals surface area contributed by atoms with Crippen molar-refractivity contribution in [3.63, 3.8) is 0 Å². The van der Waals surface area contributed by atoms with Gasteiger partial charge >= 0.3 is 11.9 Å². The van der Waals surface area contributed by atoms with Gasteiger partial charge in [-0.2, -0.15) is 0 Å². The van der Waals surface area contributed by atoms with E-state index in [0.29, 0.717) is 24.7 Å². The first-order chi connectivity index (χ1) is 20.7. The summed E-state index contributed by atoms with van der Waals surface area (Å²) in [5, 5.41) is 15.6. The largest absolute Gasteiger partial charge is 0.452 e. The van der Waals surface area contributed by atoms with E-state index in [1.807, 2.05) is 0 Å². The number of rotatable bonds is 15. The summed E-state index contributed by atoms with van der Waals surface area (Å²) in [5.41, 5.74) is 9.55. The highest BCUT2D eigenvalue weighted by atomic mass is 16.7. The molecule has 0 saturated carbocycles. The molecule has 1 aliphatic heterocycles. The molecule has 12 heteroatoms. The van der Waals surface area contributed by atoms with E-state index in [0.717, 1.165) is 6.42 Å². The fraction of sp³-hybridized carbons (Fsp3) is 0.516. The fourth-order valence-corrected chi connectivity index (χ4v) is 4.89. The van der Waals surface area contributed by atoms with Crippen molar-refractivity contribution < 1.29 is 38.4 Å². The topological polar surface area (TPSA) is 169 Å². The lowest BCUT2D eigenvalue weighted by molar-refractivity contribution is -0.261. The molecule has 1 aliphatic rings. The summed E-state index contributed by atoms with van der Waals surface area (Å²) in [4.78, 5) is 41.6. The molecule has 1 heterocycles. The minimum atomic E-state index is -1.26. The summed E-state index contributed by atoms with van der Waals surface area (Å²) in [5.74, 6) is -1.20. The molecule has 2 N–H and O–H groups in total. The molecule has 1 amide bonds. The lowest BCUT2D eigenvalue weighted by atomic mass is 9.89. The van der Waals surface area contributed by atoms with Crippen molar-refractivity contribution in [2.24, 2.45) is 17.0 Å². The van der Waals surface area contributed by atoms with Crippen LogP contribution in [-0.2, 0) is 23.7 Å². The number of benzene rings is 2. The molecule has 7 atom stereocenters. The Kier molecular flexibility index (Phi) is 13.4. The second-order valence-corrected chi connectivity index (χ2v) is 10.6. The van der Waals surface area contributed by atoms with Crippen LogP contribution in [0.2, 0.25) is 0 Å². The average Bonchev–Trinajstić information content (AvgIpc) is 3.01. The lowest BCUT2D eigenvalue weighted by Crippen LogP contribution is -2.66. The second-order valence-electron chi connectivity index (χ2n) is 10.6. The molecule has 2 aromatic rings. The number of amides is 1. The first-order valence-electron chi connectivity index (χ1n) is 14.4. The van der Waals surface area contributed by atoms with Crippen LogP contribution in [0.3, 0.4) is 0 Å². The predicted octanol–water partition coefficient (Wildman–Crippen LogP) is 4.43. The number of nitrogens with one attached hydrogen (secondary N) is 1. The highest BCUT2D eigenvalue weighted by molar-refractivity contribution is 5.90. The van der Waals surface area contributed by atoms with Crippen LogP contribution in [0.4, 0.5) is 0 Å². The van der Waals surface area contributed by atoms with Crippen LogP contribution in [0.25, 0.3) is 10.4 Å². The quantitative estimate of drug-likeness (QED) is 0.100. The zero-order chi connectivity index (χ0) is 31.2. The summed E-state index contributed by atoms with van der Waals surface area (Å²) in [6, 6.07) is 15.4. The van der Waals surface area contributed by atoms with Gasteiger partial charge in [0.05, 0.1) is 17.7 Å². The Balaban J connectivity index is 1.91. The number of carbonyl (C=O) groups excluding carboxylic acids is 3. The molecule has 3 rings (SSSR count). The van der Waals surface area contributed by atoms with Gasteiger partial charge in [-0.15, -0.1) is 0 Å². The molecule has 0 spiro atoms. The summed E-state index contributed by atoms with van der Waals surface area (Å²) in [6.45, 7) is 5.61. The molecule has 0 radical (unpaired) electrons. The molecular weight excluding hydrogens is 556 g/mol. The third kappa shape index (κ3) is 10.1. The van der Waals surface area contributed by atoms with E-state index in [1.54, 1.807) is 60.7 Å². The van der Waals surface area contributed by atoms with E-state index < -0.39 is 48.5 Å². The van der Waals surface area contributed by atoms with Crippen molar-refractivity contribution in [1.82, 2.24) is 5.32 Å². The molecule has 12 nitrogen and oxygen atoms in total. The van der Waals surface area contributed by atoms with Crippen molar-refractivity contribution in [3.8, 4) is 0 Å². The summed E-state index contributed by atoms with van der Waals surface area (Å²) >= 11 is 0. The lowest BCUT2D eigenvalue weighted by Gasteiger charge is -2.45. The normalized spacial score (nSPS) is 22.8. The zero-order valence-corrected chi connectivity index (χ0v) is 24.7. The van der Waals surface area contributed by atoms with Gasteiger partial charge in [0.25, 0.3) is 0 Å². The molecular formula is C31H40N4O8. The Bertz CT molecular complexity index is 1220. The van der Waals surface area contributed by atoms with Crippen LogP contribution in [0.1, 0.15) is 60.7 Å². The molecule has 7 unspecified atom stereocenters. The molecule has 43 heavy (non-hydrogen) atoms. The number of carbonyl (C=O) groups is 3. The van der Waals surface area contributed by atoms with Crippen molar-refractivity contribution in [2.45, 2.75) is 70.7 Å². The zero-order valence-electron chi connectivity index (χ0n) is 24.7. The molecule has 232 valence electrons. The van der Waals surface area contributed by atoms with Crippen LogP contribution in [0.15, 0.2) is 65.8 Å². The van der Waals surface area contributed by atoms with Crippen molar-refractivity contribution in [3.05, 3.63) is 82.2 Å². The van der Waals surface area contributed by atoms with Gasteiger partial charge in [-0.05, 0) is 60.9 Å². The van der Waals surface area contributed by atoms with Crippen LogP contribution in [0.5, 0.6) is 0 Å². The molecule has 0 bridgehead atoms. The summed E-state index contributed by atoms with van der Waals surface area (Å²) in [7, 11) is 0. The van der Waals surface area contributed by atoms with Gasteiger partial charge in [0.15, 0.2) is 18.5 Å². The van der Waals surface area contributed by atoms with Gasteiger partial charge in [-0.1, -0.05) is 55.4 Å². The third-order valence-electron chi connectivity index (χ3n) is 7.49. The number of hydrogen-bond donors (Lipinski definition) is 2. The Morgan fingerprint density at radius 2 is 1.51 bits per heavy atom. The maximum Gasteiger partial charge on any atom is 0.338 e.